The molecule has 0 aromatic heterocycles. The van der Waals surface area contributed by atoms with Crippen molar-refractivity contribution in [3.63, 3.8) is 0 Å². The second-order valence-corrected chi connectivity index (χ2v) is 4.80. The zero-order valence-electron chi connectivity index (χ0n) is 11.0. The van der Waals surface area contributed by atoms with Crippen molar-refractivity contribution in [2.24, 2.45) is 0 Å². The number of hydrogen-bond donors (Lipinski definition) is 2. The molecule has 1 amide bonds. The number of aliphatic carboxylic acids is 1. The maximum atomic E-state index is 12.8. The zero-order valence-corrected chi connectivity index (χ0v) is 11.0. The summed E-state index contributed by atoms with van der Waals surface area (Å²) in [5.74, 6) is -2.71. The van der Waals surface area contributed by atoms with E-state index in [2.05, 4.69) is 0 Å². The third-order valence-corrected chi connectivity index (χ3v) is 3.31. The van der Waals surface area contributed by atoms with Gasteiger partial charge in [-0.2, -0.15) is 13.2 Å². The van der Waals surface area contributed by atoms with Crippen LogP contribution in [0, 0.1) is 0 Å². The van der Waals surface area contributed by atoms with Gasteiger partial charge in [-0.3, -0.25) is 4.79 Å². The number of alkyl halides is 3. The molecule has 1 aliphatic rings. The van der Waals surface area contributed by atoms with Crippen molar-refractivity contribution in [1.29, 1.82) is 0 Å². The van der Waals surface area contributed by atoms with Gasteiger partial charge in [0.05, 0.1) is 6.61 Å². The molecule has 1 aromatic rings. The molecule has 8 heteroatoms. The summed E-state index contributed by atoms with van der Waals surface area (Å²) in [5.41, 5.74) is -2.69. The molecule has 1 atom stereocenters. The molecule has 0 spiro atoms. The molecule has 114 valence electrons. The monoisotopic (exact) mass is 303 g/mol. The van der Waals surface area contributed by atoms with E-state index in [0.717, 1.165) is 0 Å². The average Bonchev–Trinajstić information content (AvgIpc) is 2.83. The van der Waals surface area contributed by atoms with Gasteiger partial charge in [-0.05, 0) is 30.7 Å². The number of hydrogen-bond acceptors (Lipinski definition) is 3. The first-order chi connectivity index (χ1) is 9.65. The summed E-state index contributed by atoms with van der Waals surface area (Å²) >= 11 is 0. The highest BCUT2D eigenvalue weighted by Crippen LogP contribution is 2.31. The number of nitrogens with one attached hydrogen (secondary N) is 1. The van der Waals surface area contributed by atoms with E-state index in [1.165, 1.54) is 23.5 Å². The highest BCUT2D eigenvalue weighted by molar-refractivity contribution is 5.98. The SMILES string of the molecule is CC(NC(=O)c1ccc2c(c1)CCO2)(C(=O)O)C(F)(F)F. The Morgan fingerprint density at radius 3 is 2.57 bits per heavy atom. The van der Waals surface area contributed by atoms with Gasteiger partial charge in [0.2, 0.25) is 5.54 Å². The largest absolute Gasteiger partial charge is 0.493 e. The number of fused-ring (bicyclic) bond motifs is 1. The quantitative estimate of drug-likeness (QED) is 0.892. The Labute approximate surface area is 117 Å². The molecule has 1 aliphatic heterocycles. The summed E-state index contributed by atoms with van der Waals surface area (Å²) in [6.45, 7) is 0.847. The van der Waals surface area contributed by atoms with Crippen molar-refractivity contribution in [1.82, 2.24) is 5.32 Å². The zero-order chi connectivity index (χ0) is 15.8. The van der Waals surface area contributed by atoms with Gasteiger partial charge in [-0.15, -0.1) is 0 Å². The topological polar surface area (TPSA) is 75.6 Å². The lowest BCUT2D eigenvalue weighted by Gasteiger charge is -2.28. The maximum absolute atomic E-state index is 12.8. The van der Waals surface area contributed by atoms with E-state index in [0.29, 0.717) is 31.3 Å². The smallest absolute Gasteiger partial charge is 0.422 e. The Balaban J connectivity index is 2.26. The fraction of sp³-hybridized carbons (Fsp3) is 0.385. The Kier molecular flexibility index (Phi) is 3.56. The molecule has 0 bridgehead atoms. The molecule has 0 radical (unpaired) electrons. The first-order valence-corrected chi connectivity index (χ1v) is 6.03. The van der Waals surface area contributed by atoms with Crippen LogP contribution in [0.15, 0.2) is 18.2 Å². The summed E-state index contributed by atoms with van der Waals surface area (Å²) in [6.07, 6.45) is -4.57. The number of carbonyl (C=O) groups excluding carboxylic acids is 1. The molecule has 1 aromatic carbocycles. The number of rotatable bonds is 3. The van der Waals surface area contributed by atoms with Crippen molar-refractivity contribution in [3.05, 3.63) is 29.3 Å². The minimum absolute atomic E-state index is 0.0454. The van der Waals surface area contributed by atoms with E-state index < -0.39 is 23.6 Å². The van der Waals surface area contributed by atoms with Crippen molar-refractivity contribution < 1.29 is 32.6 Å². The van der Waals surface area contributed by atoms with E-state index in [1.54, 1.807) is 0 Å². The van der Waals surface area contributed by atoms with Crippen LogP contribution in [0.1, 0.15) is 22.8 Å². The van der Waals surface area contributed by atoms with Gasteiger partial charge in [0.25, 0.3) is 5.91 Å². The first-order valence-electron chi connectivity index (χ1n) is 6.03. The van der Waals surface area contributed by atoms with Crippen LogP contribution in [0.5, 0.6) is 5.75 Å². The van der Waals surface area contributed by atoms with Gasteiger partial charge < -0.3 is 15.2 Å². The molecule has 1 heterocycles. The molecule has 1 unspecified atom stereocenters. The number of carboxylic acids is 1. The fourth-order valence-corrected chi connectivity index (χ4v) is 1.87. The van der Waals surface area contributed by atoms with Gasteiger partial charge in [0, 0.05) is 12.0 Å². The van der Waals surface area contributed by atoms with E-state index in [4.69, 9.17) is 9.84 Å². The molecule has 0 aliphatic carbocycles. The van der Waals surface area contributed by atoms with Gasteiger partial charge in [-0.25, -0.2) is 4.79 Å². The van der Waals surface area contributed by atoms with E-state index >= 15 is 0 Å². The normalized spacial score (nSPS) is 16.6. The lowest BCUT2D eigenvalue weighted by atomic mass is 10.0. The highest BCUT2D eigenvalue weighted by atomic mass is 19.4. The summed E-state index contributed by atoms with van der Waals surface area (Å²) in [4.78, 5) is 22.8. The molecule has 2 N–H and O–H groups in total. The summed E-state index contributed by atoms with van der Waals surface area (Å²) < 4.78 is 43.7. The van der Waals surface area contributed by atoms with Crippen molar-refractivity contribution >= 4 is 11.9 Å². The third kappa shape index (κ3) is 2.65. The minimum Gasteiger partial charge on any atom is -0.493 e. The summed E-state index contributed by atoms with van der Waals surface area (Å²) in [6, 6.07) is 4.16. The van der Waals surface area contributed by atoms with Crippen LogP contribution in [-0.2, 0) is 11.2 Å². The number of benzene rings is 1. The maximum Gasteiger partial charge on any atom is 0.422 e. The van der Waals surface area contributed by atoms with Gasteiger partial charge in [-0.1, -0.05) is 0 Å². The van der Waals surface area contributed by atoms with E-state index in [1.807, 2.05) is 0 Å². The van der Waals surface area contributed by atoms with Crippen LogP contribution < -0.4 is 10.1 Å². The predicted octanol–water partition coefficient (Wildman–Crippen LogP) is 1.76. The van der Waals surface area contributed by atoms with Gasteiger partial charge >= 0.3 is 12.1 Å². The second kappa shape index (κ2) is 4.94. The van der Waals surface area contributed by atoms with Crippen molar-refractivity contribution in [2.45, 2.75) is 25.1 Å². The minimum atomic E-state index is -5.12. The molecule has 0 fully saturated rings. The predicted molar refractivity (Wildman–Crippen MR) is 65.2 cm³/mol. The molecular formula is C13H12F3NO4. The van der Waals surface area contributed by atoms with Crippen LogP contribution in [-0.4, -0.2) is 35.3 Å². The summed E-state index contributed by atoms with van der Waals surface area (Å²) in [5, 5.41) is 10.3. The van der Waals surface area contributed by atoms with Crippen LogP contribution in [0.3, 0.4) is 0 Å². The third-order valence-electron chi connectivity index (χ3n) is 3.31. The molecule has 0 saturated carbocycles. The standard InChI is InChI=1S/C13H12F3NO4/c1-12(11(19)20,13(14,15)16)17-10(18)8-2-3-9-7(6-8)4-5-21-9/h2-3,6H,4-5H2,1H3,(H,17,18)(H,19,20). The Hall–Kier alpha value is -2.25. The lowest BCUT2D eigenvalue weighted by Crippen LogP contribution is -2.61. The number of ether oxygens (including phenoxy) is 1. The van der Waals surface area contributed by atoms with Gasteiger partial charge in [0.1, 0.15) is 5.75 Å². The first kappa shape index (κ1) is 15.1. The van der Waals surface area contributed by atoms with Crippen LogP contribution in [0.2, 0.25) is 0 Å². The number of carbonyl (C=O) groups is 2. The highest BCUT2D eigenvalue weighted by Gasteiger charge is 2.58. The Bertz CT molecular complexity index is 600. The van der Waals surface area contributed by atoms with Crippen LogP contribution in [0.4, 0.5) is 13.2 Å². The number of halogens is 3. The number of amides is 1. The Morgan fingerprint density at radius 1 is 1.33 bits per heavy atom. The van der Waals surface area contributed by atoms with Crippen molar-refractivity contribution in [2.75, 3.05) is 6.61 Å². The van der Waals surface area contributed by atoms with Gasteiger partial charge in [0.15, 0.2) is 0 Å². The molecular weight excluding hydrogens is 291 g/mol. The van der Waals surface area contributed by atoms with Crippen LogP contribution >= 0.6 is 0 Å². The lowest BCUT2D eigenvalue weighted by molar-refractivity contribution is -0.203. The Morgan fingerprint density at radius 2 is 2.00 bits per heavy atom. The van der Waals surface area contributed by atoms with Crippen LogP contribution in [0.25, 0.3) is 0 Å². The van der Waals surface area contributed by atoms with E-state index in [-0.39, 0.29) is 5.56 Å². The molecule has 5 nitrogen and oxygen atoms in total. The fourth-order valence-electron chi connectivity index (χ4n) is 1.87. The van der Waals surface area contributed by atoms with E-state index in [9.17, 15) is 22.8 Å². The van der Waals surface area contributed by atoms with Crippen molar-refractivity contribution in [3.8, 4) is 5.75 Å². The molecule has 0 saturated heterocycles. The number of carboxylic acid groups (broad SMARTS) is 1. The molecule has 21 heavy (non-hydrogen) atoms. The second-order valence-electron chi connectivity index (χ2n) is 4.80. The summed E-state index contributed by atoms with van der Waals surface area (Å²) in [7, 11) is 0. The average molecular weight is 303 g/mol. The molecule has 2 rings (SSSR count).